The Hall–Kier alpha value is -6.33. The van der Waals surface area contributed by atoms with Gasteiger partial charge in [-0.05, 0) is 46.0 Å². The third kappa shape index (κ3) is 3.60. The number of para-hydroxylation sites is 1. The third-order valence-electron chi connectivity index (χ3n) is 9.04. The van der Waals surface area contributed by atoms with Gasteiger partial charge in [0.15, 0.2) is 11.6 Å². The second kappa shape index (κ2) is 9.58. The van der Waals surface area contributed by atoms with Crippen LogP contribution < -0.4 is 4.90 Å². The van der Waals surface area contributed by atoms with Gasteiger partial charge in [-0.25, -0.2) is 4.98 Å². The summed E-state index contributed by atoms with van der Waals surface area (Å²) in [5, 5.41) is 6.76. The smallest absolute Gasteiger partial charge is 0.238 e. The molecule has 7 aromatic carbocycles. The van der Waals surface area contributed by atoms with E-state index in [0.29, 0.717) is 17.6 Å². The van der Waals surface area contributed by atoms with Gasteiger partial charge in [-0.1, -0.05) is 121 Å². The molecule has 0 saturated carbocycles. The van der Waals surface area contributed by atoms with Crippen LogP contribution in [0.3, 0.4) is 0 Å². The van der Waals surface area contributed by atoms with Gasteiger partial charge in [-0.3, -0.25) is 4.90 Å². The molecule has 0 aliphatic carbocycles. The highest BCUT2D eigenvalue weighted by Gasteiger charge is 2.30. The van der Waals surface area contributed by atoms with Crippen LogP contribution in [-0.2, 0) is 0 Å². The summed E-state index contributed by atoms with van der Waals surface area (Å²) >= 11 is 0. The summed E-state index contributed by atoms with van der Waals surface area (Å²) in [6.45, 7) is 0. The molecular weight excluding hydrogens is 564 g/mol. The maximum absolute atomic E-state index is 6.26. The van der Waals surface area contributed by atoms with Crippen LogP contribution in [0.5, 0.6) is 0 Å². The minimum Gasteiger partial charge on any atom is -0.456 e. The predicted molar refractivity (Wildman–Crippen MR) is 187 cm³/mol. The van der Waals surface area contributed by atoms with E-state index < -0.39 is 0 Å². The lowest BCUT2D eigenvalue weighted by molar-refractivity contribution is 0.669. The lowest BCUT2D eigenvalue weighted by Crippen LogP contribution is -2.19. The Morgan fingerprint density at radius 2 is 1.13 bits per heavy atom. The molecule has 10 rings (SSSR count). The molecule has 0 amide bonds. The molecule has 0 atom stereocenters. The van der Waals surface area contributed by atoms with Gasteiger partial charge in [0.25, 0.3) is 0 Å². The Kier molecular flexibility index (Phi) is 5.22. The van der Waals surface area contributed by atoms with Crippen LogP contribution in [0.4, 0.5) is 17.3 Å². The highest BCUT2D eigenvalue weighted by atomic mass is 16.3. The standard InChI is InChI=1S/C41H24N4O/c1-2-12-27(13-3-1)39-42-40(31-19-10-22-35-38(31)29-17-6-7-21-34(29)46-35)44-41(43-39)45-32-20-9-15-26-14-8-18-30(36(26)32)37-28-16-5-4-11-25(28)23-24-33(37)45/h1-24H. The number of hydrogen-bond acceptors (Lipinski definition) is 5. The van der Waals surface area contributed by atoms with Crippen molar-refractivity contribution < 1.29 is 4.42 Å². The second-order valence-corrected chi connectivity index (χ2v) is 11.6. The van der Waals surface area contributed by atoms with E-state index in [1.165, 1.54) is 32.7 Å². The van der Waals surface area contributed by atoms with Gasteiger partial charge in [0, 0.05) is 32.8 Å². The molecule has 0 saturated heterocycles. The zero-order valence-corrected chi connectivity index (χ0v) is 24.6. The van der Waals surface area contributed by atoms with Crippen LogP contribution in [0.15, 0.2) is 150 Å². The Balaban J connectivity index is 1.31. The van der Waals surface area contributed by atoms with Crippen LogP contribution in [0.2, 0.25) is 0 Å². The van der Waals surface area contributed by atoms with Gasteiger partial charge in [0.1, 0.15) is 11.2 Å². The van der Waals surface area contributed by atoms with Gasteiger partial charge in [0.05, 0.1) is 11.4 Å². The summed E-state index contributed by atoms with van der Waals surface area (Å²) in [6.07, 6.45) is 0. The van der Waals surface area contributed by atoms with Crippen molar-refractivity contribution in [2.45, 2.75) is 0 Å². The maximum atomic E-state index is 6.26. The number of nitrogens with zero attached hydrogens (tertiary/aromatic N) is 4. The van der Waals surface area contributed by atoms with Gasteiger partial charge >= 0.3 is 0 Å². The van der Waals surface area contributed by atoms with Crippen molar-refractivity contribution in [2.24, 2.45) is 0 Å². The van der Waals surface area contributed by atoms with E-state index in [2.05, 4.69) is 89.8 Å². The number of aromatic nitrogens is 3. The number of hydrogen-bond donors (Lipinski definition) is 0. The molecule has 3 heterocycles. The second-order valence-electron chi connectivity index (χ2n) is 11.6. The van der Waals surface area contributed by atoms with E-state index in [4.69, 9.17) is 19.4 Å². The minimum absolute atomic E-state index is 0.562. The average Bonchev–Trinajstić information content (AvgIpc) is 3.51. The van der Waals surface area contributed by atoms with Crippen LogP contribution in [0.1, 0.15) is 0 Å². The zero-order valence-electron chi connectivity index (χ0n) is 24.6. The number of benzene rings is 7. The first-order valence-corrected chi connectivity index (χ1v) is 15.4. The molecule has 0 N–H and O–H groups in total. The van der Waals surface area contributed by atoms with Crippen molar-refractivity contribution in [3.63, 3.8) is 0 Å². The molecule has 9 aromatic rings. The normalized spacial score (nSPS) is 12.3. The fraction of sp³-hybridized carbons (Fsp3) is 0. The lowest BCUT2D eigenvalue weighted by Gasteiger charge is -2.32. The van der Waals surface area contributed by atoms with E-state index >= 15 is 0 Å². The predicted octanol–water partition coefficient (Wildman–Crippen LogP) is 10.9. The number of rotatable bonds is 3. The molecule has 1 aliphatic heterocycles. The largest absolute Gasteiger partial charge is 0.456 e. The molecule has 2 aromatic heterocycles. The molecule has 5 nitrogen and oxygen atoms in total. The minimum atomic E-state index is 0.562. The Bertz CT molecular complexity index is 2650. The number of furan rings is 1. The molecule has 0 radical (unpaired) electrons. The molecule has 0 unspecified atom stereocenters. The summed E-state index contributed by atoms with van der Waals surface area (Å²) in [5.41, 5.74) is 7.92. The molecule has 1 aliphatic rings. The zero-order chi connectivity index (χ0) is 30.2. The summed E-state index contributed by atoms with van der Waals surface area (Å²) < 4.78 is 6.26. The average molecular weight is 589 g/mol. The van der Waals surface area contributed by atoms with Crippen molar-refractivity contribution in [2.75, 3.05) is 4.90 Å². The lowest BCUT2D eigenvalue weighted by atomic mass is 9.88. The molecule has 46 heavy (non-hydrogen) atoms. The van der Waals surface area contributed by atoms with Crippen molar-refractivity contribution in [3.8, 4) is 33.9 Å². The first-order chi connectivity index (χ1) is 22.8. The summed E-state index contributed by atoms with van der Waals surface area (Å²) in [4.78, 5) is 17.8. The first-order valence-electron chi connectivity index (χ1n) is 15.4. The molecule has 214 valence electrons. The third-order valence-corrected chi connectivity index (χ3v) is 9.04. The van der Waals surface area contributed by atoms with Crippen molar-refractivity contribution in [1.29, 1.82) is 0 Å². The highest BCUT2D eigenvalue weighted by Crippen LogP contribution is 2.52. The van der Waals surface area contributed by atoms with Gasteiger partial charge < -0.3 is 4.42 Å². The van der Waals surface area contributed by atoms with Crippen LogP contribution in [0, 0.1) is 0 Å². The van der Waals surface area contributed by atoms with Gasteiger partial charge in [0.2, 0.25) is 5.95 Å². The quantitative estimate of drug-likeness (QED) is 0.205. The van der Waals surface area contributed by atoms with Crippen LogP contribution in [-0.4, -0.2) is 15.0 Å². The van der Waals surface area contributed by atoms with Gasteiger partial charge in [-0.15, -0.1) is 0 Å². The first kappa shape index (κ1) is 25.0. The fourth-order valence-corrected chi connectivity index (χ4v) is 7.05. The monoisotopic (exact) mass is 588 g/mol. The van der Waals surface area contributed by atoms with Crippen molar-refractivity contribution in [1.82, 2.24) is 15.0 Å². The molecule has 0 fully saturated rings. The maximum Gasteiger partial charge on any atom is 0.238 e. The van der Waals surface area contributed by atoms with Gasteiger partial charge in [-0.2, -0.15) is 9.97 Å². The van der Waals surface area contributed by atoms with E-state index in [-0.39, 0.29) is 0 Å². The Morgan fingerprint density at radius 3 is 2.04 bits per heavy atom. The highest BCUT2D eigenvalue weighted by molar-refractivity contribution is 6.19. The fourth-order valence-electron chi connectivity index (χ4n) is 7.05. The van der Waals surface area contributed by atoms with E-state index in [9.17, 15) is 0 Å². The number of anilines is 3. The van der Waals surface area contributed by atoms with E-state index in [1.807, 2.05) is 60.7 Å². The molecule has 5 heteroatoms. The Morgan fingerprint density at radius 1 is 0.435 bits per heavy atom. The summed E-state index contributed by atoms with van der Waals surface area (Å²) in [7, 11) is 0. The van der Waals surface area contributed by atoms with Crippen LogP contribution in [0.25, 0.3) is 77.4 Å². The molecule has 0 bridgehead atoms. The van der Waals surface area contributed by atoms with E-state index in [1.54, 1.807) is 0 Å². The van der Waals surface area contributed by atoms with E-state index in [0.717, 1.165) is 44.4 Å². The van der Waals surface area contributed by atoms with Crippen molar-refractivity contribution in [3.05, 3.63) is 146 Å². The number of fused-ring (bicyclic) bond motifs is 7. The SMILES string of the molecule is c1ccc(-c2nc(-c3cccc4oc5ccccc5c34)nc(N3c4ccc5ccccc5c4-c4cccc5cccc3c45)n2)cc1. The molecule has 0 spiro atoms. The molecular formula is C41H24N4O. The van der Waals surface area contributed by atoms with Crippen LogP contribution >= 0.6 is 0 Å². The topological polar surface area (TPSA) is 55.1 Å². The summed E-state index contributed by atoms with van der Waals surface area (Å²) in [5.74, 6) is 1.76. The van der Waals surface area contributed by atoms with Crippen molar-refractivity contribution >= 4 is 60.8 Å². The summed E-state index contributed by atoms with van der Waals surface area (Å²) in [6, 6.07) is 50.3. The Labute approximate surface area is 264 Å².